The Hall–Kier alpha value is -1.29. The third-order valence-electron chi connectivity index (χ3n) is 2.45. The smallest absolute Gasteiger partial charge is 0.138 e. The molecule has 0 fully saturated rings. The fraction of sp³-hybridized carbons (Fsp3) is 0.154. The normalized spacial score (nSPS) is 10.4. The number of ether oxygens (including phenoxy) is 1. The SMILES string of the molecule is NCc1ccc(OCc2c(Cl)cccc2Cl)cn1. The molecule has 1 aromatic heterocycles. The van der Waals surface area contributed by atoms with Crippen molar-refractivity contribution in [2.24, 2.45) is 5.73 Å². The minimum absolute atomic E-state index is 0.308. The van der Waals surface area contributed by atoms with E-state index in [1.165, 1.54) is 0 Å². The first-order valence-corrected chi connectivity index (χ1v) is 6.17. The lowest BCUT2D eigenvalue weighted by Crippen LogP contribution is -2.01. The van der Waals surface area contributed by atoms with Crippen LogP contribution in [-0.2, 0) is 13.2 Å². The van der Waals surface area contributed by atoms with Crippen LogP contribution in [0.25, 0.3) is 0 Å². The maximum Gasteiger partial charge on any atom is 0.138 e. The van der Waals surface area contributed by atoms with Gasteiger partial charge in [0.2, 0.25) is 0 Å². The van der Waals surface area contributed by atoms with Gasteiger partial charge < -0.3 is 10.5 Å². The Morgan fingerprint density at radius 2 is 1.83 bits per heavy atom. The summed E-state index contributed by atoms with van der Waals surface area (Å²) in [6.45, 7) is 0.721. The summed E-state index contributed by atoms with van der Waals surface area (Å²) < 4.78 is 5.58. The van der Waals surface area contributed by atoms with Gasteiger partial charge in [-0.25, -0.2) is 0 Å². The van der Waals surface area contributed by atoms with E-state index in [1.54, 1.807) is 24.4 Å². The first-order chi connectivity index (χ1) is 8.70. The molecule has 94 valence electrons. The van der Waals surface area contributed by atoms with Crippen LogP contribution in [0, 0.1) is 0 Å². The van der Waals surface area contributed by atoms with Crippen LogP contribution < -0.4 is 10.5 Å². The predicted molar refractivity (Wildman–Crippen MR) is 72.9 cm³/mol. The lowest BCUT2D eigenvalue weighted by molar-refractivity contribution is 0.305. The van der Waals surface area contributed by atoms with Crippen LogP contribution in [0.15, 0.2) is 36.5 Å². The molecular formula is C13H12Cl2N2O. The third kappa shape index (κ3) is 3.13. The minimum Gasteiger partial charge on any atom is -0.487 e. The number of pyridine rings is 1. The van der Waals surface area contributed by atoms with Crippen molar-refractivity contribution in [1.82, 2.24) is 4.98 Å². The van der Waals surface area contributed by atoms with Crippen molar-refractivity contribution in [3.63, 3.8) is 0 Å². The van der Waals surface area contributed by atoms with E-state index in [9.17, 15) is 0 Å². The molecule has 0 unspecified atom stereocenters. The Kier molecular flexibility index (Phi) is 4.42. The number of halogens is 2. The van der Waals surface area contributed by atoms with Gasteiger partial charge in [-0.05, 0) is 24.3 Å². The Morgan fingerprint density at radius 3 is 2.39 bits per heavy atom. The Morgan fingerprint density at radius 1 is 1.11 bits per heavy atom. The Balaban J connectivity index is 2.06. The van der Waals surface area contributed by atoms with Gasteiger partial charge >= 0.3 is 0 Å². The summed E-state index contributed by atoms with van der Waals surface area (Å²) in [5, 5.41) is 1.18. The summed E-state index contributed by atoms with van der Waals surface area (Å²) in [6.07, 6.45) is 1.63. The second-order valence-electron chi connectivity index (χ2n) is 3.68. The maximum absolute atomic E-state index is 6.05. The Labute approximate surface area is 115 Å². The summed E-state index contributed by atoms with van der Waals surface area (Å²) in [4.78, 5) is 4.14. The molecular weight excluding hydrogens is 271 g/mol. The molecule has 0 amide bonds. The number of rotatable bonds is 4. The highest BCUT2D eigenvalue weighted by Gasteiger charge is 2.06. The van der Waals surface area contributed by atoms with E-state index < -0.39 is 0 Å². The molecule has 0 aliphatic rings. The van der Waals surface area contributed by atoms with E-state index in [0.717, 1.165) is 11.3 Å². The summed E-state index contributed by atoms with van der Waals surface area (Å²) >= 11 is 12.1. The lowest BCUT2D eigenvalue weighted by Gasteiger charge is -2.09. The van der Waals surface area contributed by atoms with Crippen molar-refractivity contribution in [3.05, 3.63) is 57.8 Å². The average Bonchev–Trinajstić information content (AvgIpc) is 2.39. The molecule has 2 N–H and O–H groups in total. The van der Waals surface area contributed by atoms with Crippen LogP contribution in [0.4, 0.5) is 0 Å². The number of aromatic nitrogens is 1. The molecule has 0 aliphatic carbocycles. The molecule has 3 nitrogen and oxygen atoms in total. The first-order valence-electron chi connectivity index (χ1n) is 5.41. The second-order valence-corrected chi connectivity index (χ2v) is 4.49. The van der Waals surface area contributed by atoms with Gasteiger partial charge in [0, 0.05) is 22.2 Å². The predicted octanol–water partition coefficient (Wildman–Crippen LogP) is 3.43. The molecule has 1 aromatic carbocycles. The van der Waals surface area contributed by atoms with E-state index in [1.807, 2.05) is 12.1 Å². The zero-order valence-corrected chi connectivity index (χ0v) is 11.1. The van der Waals surface area contributed by atoms with Crippen molar-refractivity contribution in [2.45, 2.75) is 13.2 Å². The molecule has 0 saturated heterocycles. The van der Waals surface area contributed by atoms with Crippen LogP contribution in [0.2, 0.25) is 10.0 Å². The van der Waals surface area contributed by atoms with Crippen molar-refractivity contribution in [3.8, 4) is 5.75 Å². The summed E-state index contributed by atoms with van der Waals surface area (Å²) in [7, 11) is 0. The van der Waals surface area contributed by atoms with E-state index in [0.29, 0.717) is 28.9 Å². The number of nitrogens with two attached hydrogens (primary N) is 1. The molecule has 5 heteroatoms. The average molecular weight is 283 g/mol. The summed E-state index contributed by atoms with van der Waals surface area (Å²) in [5.41, 5.74) is 7.05. The highest BCUT2D eigenvalue weighted by Crippen LogP contribution is 2.25. The van der Waals surface area contributed by atoms with Gasteiger partial charge in [0.15, 0.2) is 0 Å². The molecule has 0 bridgehead atoms. The van der Waals surface area contributed by atoms with Gasteiger partial charge in [0.1, 0.15) is 12.4 Å². The highest BCUT2D eigenvalue weighted by molar-refractivity contribution is 6.35. The zero-order valence-electron chi connectivity index (χ0n) is 9.57. The molecule has 0 radical (unpaired) electrons. The van der Waals surface area contributed by atoms with Gasteiger partial charge in [0.25, 0.3) is 0 Å². The number of hydrogen-bond donors (Lipinski definition) is 1. The lowest BCUT2D eigenvalue weighted by atomic mass is 10.2. The van der Waals surface area contributed by atoms with Gasteiger partial charge in [-0.3, -0.25) is 4.98 Å². The van der Waals surface area contributed by atoms with E-state index >= 15 is 0 Å². The van der Waals surface area contributed by atoms with E-state index in [-0.39, 0.29) is 0 Å². The molecule has 0 saturated carbocycles. The number of nitrogens with zero attached hydrogens (tertiary/aromatic N) is 1. The maximum atomic E-state index is 6.05. The van der Waals surface area contributed by atoms with Gasteiger partial charge in [0.05, 0.1) is 11.9 Å². The van der Waals surface area contributed by atoms with Crippen molar-refractivity contribution in [2.75, 3.05) is 0 Å². The van der Waals surface area contributed by atoms with Gasteiger partial charge in [-0.2, -0.15) is 0 Å². The van der Waals surface area contributed by atoms with Crippen molar-refractivity contribution < 1.29 is 4.74 Å². The van der Waals surface area contributed by atoms with Crippen LogP contribution >= 0.6 is 23.2 Å². The van der Waals surface area contributed by atoms with Gasteiger partial charge in [-0.15, -0.1) is 0 Å². The fourth-order valence-corrected chi connectivity index (χ4v) is 1.95. The third-order valence-corrected chi connectivity index (χ3v) is 3.16. The van der Waals surface area contributed by atoms with Crippen LogP contribution in [0.3, 0.4) is 0 Å². The molecule has 2 aromatic rings. The molecule has 0 aliphatic heterocycles. The minimum atomic E-state index is 0.308. The molecule has 2 rings (SSSR count). The van der Waals surface area contributed by atoms with E-state index in [4.69, 9.17) is 33.7 Å². The highest BCUT2D eigenvalue weighted by atomic mass is 35.5. The summed E-state index contributed by atoms with van der Waals surface area (Å²) in [6, 6.07) is 9.00. The van der Waals surface area contributed by atoms with E-state index in [2.05, 4.69) is 4.98 Å². The van der Waals surface area contributed by atoms with Crippen LogP contribution in [0.5, 0.6) is 5.75 Å². The molecule has 18 heavy (non-hydrogen) atoms. The van der Waals surface area contributed by atoms with Gasteiger partial charge in [-0.1, -0.05) is 29.3 Å². The number of hydrogen-bond acceptors (Lipinski definition) is 3. The van der Waals surface area contributed by atoms with Crippen LogP contribution in [0.1, 0.15) is 11.3 Å². The monoisotopic (exact) mass is 282 g/mol. The van der Waals surface area contributed by atoms with Crippen LogP contribution in [-0.4, -0.2) is 4.98 Å². The quantitative estimate of drug-likeness (QED) is 0.935. The first kappa shape index (κ1) is 13.1. The second kappa shape index (κ2) is 6.05. The van der Waals surface area contributed by atoms with Crippen molar-refractivity contribution >= 4 is 23.2 Å². The van der Waals surface area contributed by atoms with Crippen molar-refractivity contribution in [1.29, 1.82) is 0 Å². The molecule has 0 atom stereocenters. The molecule has 1 heterocycles. The summed E-state index contributed by atoms with van der Waals surface area (Å²) in [5.74, 6) is 0.656. The largest absolute Gasteiger partial charge is 0.487 e. The standard InChI is InChI=1S/C13H12Cl2N2O/c14-12-2-1-3-13(15)11(12)8-18-10-5-4-9(6-16)17-7-10/h1-5,7H,6,8,16H2. The topological polar surface area (TPSA) is 48.1 Å². The Bertz CT molecular complexity index is 509. The molecule has 0 spiro atoms. The fourth-order valence-electron chi connectivity index (χ4n) is 1.44. The zero-order chi connectivity index (χ0) is 13.0. The number of benzene rings is 1.